The van der Waals surface area contributed by atoms with Crippen molar-refractivity contribution in [1.82, 2.24) is 5.32 Å². The zero-order chi connectivity index (χ0) is 54.0. The molecular weight excluding hydrogens is 931 g/mol. The maximum atomic E-state index is 13.4. The summed E-state index contributed by atoms with van der Waals surface area (Å²) >= 11 is 0. The maximum absolute atomic E-state index is 13.4. The summed E-state index contributed by atoms with van der Waals surface area (Å²) in [6.07, 6.45) is 53.7. The van der Waals surface area contributed by atoms with Crippen LogP contribution in [-0.4, -0.2) is 99.6 Å². The second-order valence-corrected chi connectivity index (χ2v) is 20.7. The zero-order valence-electron chi connectivity index (χ0n) is 47.2. The summed E-state index contributed by atoms with van der Waals surface area (Å²) in [7, 11) is 0. The molecule has 8 unspecified atom stereocenters. The van der Waals surface area contributed by atoms with E-state index in [4.69, 9.17) is 14.2 Å². The molecular formula is C63H111NO10. The second kappa shape index (κ2) is 50.9. The van der Waals surface area contributed by atoms with Gasteiger partial charge >= 0.3 is 5.97 Å². The van der Waals surface area contributed by atoms with Crippen molar-refractivity contribution >= 4 is 11.9 Å². The number of ether oxygens (including phenoxy) is 3. The Morgan fingerprint density at radius 1 is 0.541 bits per heavy atom. The number of carbonyl (C=O) groups excluding carboxylic acids is 2. The number of amides is 1. The van der Waals surface area contributed by atoms with Crippen molar-refractivity contribution in [1.29, 1.82) is 0 Å². The molecule has 1 aliphatic heterocycles. The third-order valence-corrected chi connectivity index (χ3v) is 13.8. The molecule has 0 aliphatic carbocycles. The number of esters is 1. The average molecular weight is 1040 g/mol. The number of hydrogen-bond donors (Lipinski definition) is 6. The van der Waals surface area contributed by atoms with Gasteiger partial charge < -0.3 is 45.1 Å². The molecule has 1 amide bonds. The van der Waals surface area contributed by atoms with E-state index in [9.17, 15) is 35.1 Å². The van der Waals surface area contributed by atoms with Gasteiger partial charge in [-0.1, -0.05) is 229 Å². The van der Waals surface area contributed by atoms with Crippen LogP contribution in [0.5, 0.6) is 0 Å². The summed E-state index contributed by atoms with van der Waals surface area (Å²) in [5.41, 5.74) is 0. The van der Waals surface area contributed by atoms with E-state index in [0.717, 1.165) is 96.3 Å². The fraction of sp³-hybridized carbons (Fsp3) is 0.778. The molecule has 0 radical (unpaired) electrons. The Bertz CT molecular complexity index is 1480. The smallest absolute Gasteiger partial charge is 0.306 e. The number of carbonyl (C=O) groups is 2. The first kappa shape index (κ1) is 69.1. The minimum absolute atomic E-state index is 0.0954. The van der Waals surface area contributed by atoms with Crippen molar-refractivity contribution < 1.29 is 49.3 Å². The fourth-order valence-electron chi connectivity index (χ4n) is 9.05. The van der Waals surface area contributed by atoms with E-state index in [1.165, 1.54) is 109 Å². The molecule has 1 rings (SSSR count). The zero-order valence-corrected chi connectivity index (χ0v) is 47.2. The third kappa shape index (κ3) is 38.6. The fourth-order valence-corrected chi connectivity index (χ4v) is 9.05. The summed E-state index contributed by atoms with van der Waals surface area (Å²) in [5, 5.41) is 56.9. The van der Waals surface area contributed by atoms with Gasteiger partial charge in [-0.05, 0) is 89.9 Å². The Kier molecular flexibility index (Phi) is 47.5. The molecule has 1 aliphatic rings. The van der Waals surface area contributed by atoms with Crippen LogP contribution in [-0.2, 0) is 23.8 Å². The normalized spacial score (nSPS) is 19.8. The van der Waals surface area contributed by atoms with Gasteiger partial charge in [0.05, 0.1) is 25.4 Å². The van der Waals surface area contributed by atoms with Crippen LogP contribution in [0.2, 0.25) is 0 Å². The Labute approximate surface area is 451 Å². The molecule has 1 heterocycles. The van der Waals surface area contributed by atoms with Gasteiger partial charge in [0.25, 0.3) is 0 Å². The second-order valence-electron chi connectivity index (χ2n) is 20.7. The third-order valence-electron chi connectivity index (χ3n) is 13.8. The molecule has 428 valence electrons. The van der Waals surface area contributed by atoms with E-state index in [1.807, 2.05) is 6.08 Å². The molecule has 11 heteroatoms. The van der Waals surface area contributed by atoms with Gasteiger partial charge in [0.1, 0.15) is 24.4 Å². The lowest BCUT2D eigenvalue weighted by Gasteiger charge is -2.41. The number of aliphatic hydroxyl groups is 5. The highest BCUT2D eigenvalue weighted by Gasteiger charge is 2.47. The lowest BCUT2D eigenvalue weighted by molar-refractivity contribution is -0.305. The van der Waals surface area contributed by atoms with Crippen LogP contribution in [0.25, 0.3) is 0 Å². The number of unbranched alkanes of at least 4 members (excludes halogenated alkanes) is 26. The van der Waals surface area contributed by atoms with Crippen molar-refractivity contribution in [2.45, 2.75) is 301 Å². The molecule has 6 N–H and O–H groups in total. The van der Waals surface area contributed by atoms with Gasteiger partial charge in [0.15, 0.2) is 12.4 Å². The highest BCUT2D eigenvalue weighted by atomic mass is 16.7. The number of aliphatic hydroxyl groups excluding tert-OH is 5. The standard InChI is InChI=1S/C63H111NO10/c1-4-7-10-13-16-19-22-24-26-27-28-29-30-31-32-35-38-41-44-47-50-56(67)62(71)64-54(55(66)49-46-43-40-37-34-21-18-15-12-9-6-3)53-72-63-61(60(70)59(69)57(52-65)73-63)74-58(68)51-48-45-42-39-36-33-25-23-20-17-14-11-8-5-2/h8,11,16-17,19-20,24-26,33,46,49,54-57,59-61,63,65-67,69-70H,4-7,9-10,12-15,18,21-23,27-32,34-45,47-48,50-53H2,1-3H3,(H,64,71)/b11-8+,19-16-,20-17+,26-24-,33-25+,49-46+. The first-order chi connectivity index (χ1) is 36.2. The Morgan fingerprint density at radius 3 is 1.49 bits per heavy atom. The number of nitrogens with one attached hydrogen (secondary N) is 1. The van der Waals surface area contributed by atoms with E-state index in [0.29, 0.717) is 12.8 Å². The van der Waals surface area contributed by atoms with Crippen molar-refractivity contribution in [3.63, 3.8) is 0 Å². The average Bonchev–Trinajstić information content (AvgIpc) is 3.40. The van der Waals surface area contributed by atoms with Gasteiger partial charge in [-0.25, -0.2) is 0 Å². The van der Waals surface area contributed by atoms with Crippen LogP contribution in [0, 0.1) is 0 Å². The SMILES string of the molecule is CC/C=C/C/C=C/C/C=C/CCCCCCC(=O)OC1C(OCC(NC(=O)C(O)CCCCCCCCCCCC/C=C\C/C=C\CCCCC)C(O)/C=C/CCCCCCCCCCC)OC(CO)C(O)C1O. The first-order valence-corrected chi connectivity index (χ1v) is 30.2. The summed E-state index contributed by atoms with van der Waals surface area (Å²) in [5.74, 6) is -1.22. The van der Waals surface area contributed by atoms with Crippen molar-refractivity contribution in [2.75, 3.05) is 13.2 Å². The van der Waals surface area contributed by atoms with E-state index in [-0.39, 0.29) is 19.4 Å². The van der Waals surface area contributed by atoms with Crippen molar-refractivity contribution in [3.05, 3.63) is 72.9 Å². The van der Waals surface area contributed by atoms with Crippen LogP contribution in [0.4, 0.5) is 0 Å². The molecule has 0 spiro atoms. The molecule has 0 aromatic rings. The van der Waals surface area contributed by atoms with Gasteiger partial charge in [-0.2, -0.15) is 0 Å². The molecule has 8 atom stereocenters. The van der Waals surface area contributed by atoms with Gasteiger partial charge in [0, 0.05) is 6.42 Å². The van der Waals surface area contributed by atoms with Crippen LogP contribution in [0.3, 0.4) is 0 Å². The van der Waals surface area contributed by atoms with Crippen LogP contribution < -0.4 is 5.32 Å². The minimum atomic E-state index is -1.62. The minimum Gasteiger partial charge on any atom is -0.454 e. The largest absolute Gasteiger partial charge is 0.454 e. The maximum Gasteiger partial charge on any atom is 0.306 e. The molecule has 0 aromatic heterocycles. The summed E-state index contributed by atoms with van der Waals surface area (Å²) in [6.45, 7) is 5.62. The predicted octanol–water partition coefficient (Wildman–Crippen LogP) is 14.0. The number of hydrogen-bond acceptors (Lipinski definition) is 10. The van der Waals surface area contributed by atoms with E-state index < -0.39 is 67.4 Å². The molecule has 11 nitrogen and oxygen atoms in total. The number of allylic oxidation sites excluding steroid dienone is 11. The van der Waals surface area contributed by atoms with Gasteiger partial charge in [0.2, 0.25) is 5.91 Å². The highest BCUT2D eigenvalue weighted by molar-refractivity contribution is 5.80. The topological polar surface area (TPSA) is 175 Å². The Balaban J connectivity index is 2.68. The van der Waals surface area contributed by atoms with Crippen LogP contribution in [0.15, 0.2) is 72.9 Å². The van der Waals surface area contributed by atoms with E-state index >= 15 is 0 Å². The molecule has 74 heavy (non-hydrogen) atoms. The predicted molar refractivity (Wildman–Crippen MR) is 306 cm³/mol. The lowest BCUT2D eigenvalue weighted by Crippen LogP contribution is -2.61. The lowest BCUT2D eigenvalue weighted by atomic mass is 9.99. The Hall–Kier alpha value is -2.90. The molecule has 1 saturated heterocycles. The molecule has 1 fully saturated rings. The quantitative estimate of drug-likeness (QED) is 0.0195. The highest BCUT2D eigenvalue weighted by Crippen LogP contribution is 2.26. The van der Waals surface area contributed by atoms with Crippen LogP contribution >= 0.6 is 0 Å². The first-order valence-electron chi connectivity index (χ1n) is 30.2. The van der Waals surface area contributed by atoms with E-state index in [2.05, 4.69) is 86.8 Å². The number of rotatable bonds is 50. The van der Waals surface area contributed by atoms with Crippen LogP contribution in [0.1, 0.15) is 252 Å². The van der Waals surface area contributed by atoms with Gasteiger partial charge in [-0.3, -0.25) is 9.59 Å². The van der Waals surface area contributed by atoms with Gasteiger partial charge in [-0.15, -0.1) is 0 Å². The molecule has 0 saturated carbocycles. The Morgan fingerprint density at radius 2 is 0.973 bits per heavy atom. The summed E-state index contributed by atoms with van der Waals surface area (Å²) in [6, 6.07) is -1.03. The monoisotopic (exact) mass is 1040 g/mol. The summed E-state index contributed by atoms with van der Waals surface area (Å²) < 4.78 is 17.6. The van der Waals surface area contributed by atoms with Crippen molar-refractivity contribution in [3.8, 4) is 0 Å². The van der Waals surface area contributed by atoms with Crippen molar-refractivity contribution in [2.24, 2.45) is 0 Å². The molecule has 0 aromatic carbocycles. The summed E-state index contributed by atoms with van der Waals surface area (Å²) in [4.78, 5) is 26.5. The van der Waals surface area contributed by atoms with E-state index in [1.54, 1.807) is 6.08 Å². The molecule has 0 bridgehead atoms.